The summed E-state index contributed by atoms with van der Waals surface area (Å²) in [7, 11) is 0. The van der Waals surface area contributed by atoms with Crippen LogP contribution in [0.4, 0.5) is 0 Å². The monoisotopic (exact) mass is 226 g/mol. The Morgan fingerprint density at radius 1 is 1.07 bits per heavy atom. The summed E-state index contributed by atoms with van der Waals surface area (Å²) in [6, 6.07) is 0. The summed E-state index contributed by atoms with van der Waals surface area (Å²) in [5, 5.41) is 8.89. The molecule has 0 fully saturated rings. The third kappa shape index (κ3) is 36.6. The average molecular weight is 226 g/mol. The van der Waals surface area contributed by atoms with Gasteiger partial charge in [-0.25, -0.2) is 19.0 Å². The molecule has 0 aliphatic heterocycles. The van der Waals surface area contributed by atoms with Crippen molar-refractivity contribution in [3.8, 4) is 0 Å². The van der Waals surface area contributed by atoms with E-state index >= 15 is 0 Å². The zero-order valence-corrected chi connectivity index (χ0v) is 17.0. The molecule has 6 heteroatoms. The molecule has 0 bridgehead atoms. The smallest absolute Gasteiger partial charge is 0.550 e. The normalized spacial score (nSPS) is 6.93. The van der Waals surface area contributed by atoms with Gasteiger partial charge in [0.05, 0.1) is 0 Å². The van der Waals surface area contributed by atoms with Gasteiger partial charge in [-0.2, -0.15) is 0 Å². The average Bonchev–Trinajstić information content (AvgIpc) is 1.90. The molecule has 0 aromatic rings. The molecule has 0 aliphatic rings. The van der Waals surface area contributed by atoms with Crippen LogP contribution in [0.2, 0.25) is 19.0 Å². The minimum atomic E-state index is -1.08. The molecule has 0 spiro atoms. The van der Waals surface area contributed by atoms with Crippen LogP contribution in [0.3, 0.4) is 0 Å². The number of hydrogen-bond acceptors (Lipinski definition) is 2. The van der Waals surface area contributed by atoms with Gasteiger partial charge in [0.1, 0.15) is 0 Å². The number of aliphatic carboxylic acids is 1. The van der Waals surface area contributed by atoms with Gasteiger partial charge in [-0.1, -0.05) is 20.8 Å². The first-order valence-electron chi connectivity index (χ1n) is 4.25. The SMILES string of the molecule is CC(=O)[O-].CC[B-](CC)CC.[Na+].[Na+].[Na]. The molecule has 14 heavy (non-hydrogen) atoms. The van der Waals surface area contributed by atoms with Crippen LogP contribution in [0, 0.1) is 0 Å². The van der Waals surface area contributed by atoms with Crippen LogP contribution in [0.25, 0.3) is 0 Å². The number of rotatable bonds is 3. The fourth-order valence-corrected chi connectivity index (χ4v) is 0.866. The molecule has 0 amide bonds. The topological polar surface area (TPSA) is 40.1 Å². The van der Waals surface area contributed by atoms with Gasteiger partial charge >= 0.3 is 59.1 Å². The Morgan fingerprint density at radius 2 is 1.21 bits per heavy atom. The minimum Gasteiger partial charge on any atom is -0.550 e. The minimum absolute atomic E-state index is 0. The maximum atomic E-state index is 8.89. The van der Waals surface area contributed by atoms with Crippen molar-refractivity contribution in [1.29, 1.82) is 0 Å². The molecule has 0 aromatic carbocycles. The molecule has 0 saturated heterocycles. The fourth-order valence-electron chi connectivity index (χ4n) is 0.866. The van der Waals surface area contributed by atoms with E-state index in [4.69, 9.17) is 9.90 Å². The predicted octanol–water partition coefficient (Wildman–Crippen LogP) is -5.08. The van der Waals surface area contributed by atoms with Gasteiger partial charge in [-0.15, -0.1) is 6.71 Å². The summed E-state index contributed by atoms with van der Waals surface area (Å²) < 4.78 is 0. The van der Waals surface area contributed by atoms with Gasteiger partial charge in [0.25, 0.3) is 0 Å². The number of carboxylic acid groups (broad SMARTS) is 1. The van der Waals surface area contributed by atoms with Crippen LogP contribution >= 0.6 is 0 Å². The molecule has 0 N–H and O–H groups in total. The standard InChI is InChI=1S/C6H15B.C2H4O2.3Na/c1-4-7(5-2)6-3;1-2(3)4;;;/h4-6H2,1-3H3;1H3,(H,3,4);;;/q-1;;;2*+1/p-1. The molecular weight excluding hydrogens is 208 g/mol. The van der Waals surface area contributed by atoms with E-state index in [1.54, 1.807) is 0 Å². The van der Waals surface area contributed by atoms with Crippen LogP contribution in [0.5, 0.6) is 0 Å². The molecular formula is C8H18BNa3O2. The summed E-state index contributed by atoms with van der Waals surface area (Å²) in [6.07, 6.45) is 4.06. The second-order valence-corrected chi connectivity index (χ2v) is 2.58. The first-order valence-corrected chi connectivity index (χ1v) is 4.25. The Balaban J connectivity index is -0.0000000347. The summed E-state index contributed by atoms with van der Waals surface area (Å²) in [6.45, 7) is 8.74. The molecule has 0 rings (SSSR count). The van der Waals surface area contributed by atoms with Crippen molar-refractivity contribution in [1.82, 2.24) is 0 Å². The van der Waals surface area contributed by atoms with E-state index in [2.05, 4.69) is 20.8 Å². The molecule has 0 aromatic heterocycles. The van der Waals surface area contributed by atoms with E-state index in [1.165, 1.54) is 19.0 Å². The van der Waals surface area contributed by atoms with E-state index in [1.807, 2.05) is 0 Å². The first-order chi connectivity index (χ1) is 5.08. The van der Waals surface area contributed by atoms with Crippen molar-refractivity contribution in [2.75, 3.05) is 0 Å². The van der Waals surface area contributed by atoms with Gasteiger partial charge in [-0.05, 0) is 6.92 Å². The Labute approximate surface area is 155 Å². The maximum Gasteiger partial charge on any atom is 1.00 e. The molecule has 0 atom stereocenters. The Hall–Kier alpha value is 2.53. The summed E-state index contributed by atoms with van der Waals surface area (Å²) >= 11 is 0. The van der Waals surface area contributed by atoms with Crippen molar-refractivity contribution < 1.29 is 69.0 Å². The van der Waals surface area contributed by atoms with E-state index < -0.39 is 5.97 Å². The second-order valence-electron chi connectivity index (χ2n) is 2.58. The van der Waals surface area contributed by atoms with Crippen molar-refractivity contribution in [2.24, 2.45) is 0 Å². The van der Waals surface area contributed by atoms with E-state index in [0.717, 1.165) is 13.6 Å². The fraction of sp³-hybridized carbons (Fsp3) is 0.875. The van der Waals surface area contributed by atoms with E-state index in [-0.39, 0.29) is 88.7 Å². The van der Waals surface area contributed by atoms with Crippen molar-refractivity contribution in [3.63, 3.8) is 0 Å². The van der Waals surface area contributed by atoms with Crippen LogP contribution < -0.4 is 64.2 Å². The van der Waals surface area contributed by atoms with Crippen molar-refractivity contribution >= 4 is 42.2 Å². The van der Waals surface area contributed by atoms with Crippen LogP contribution in [-0.2, 0) is 4.79 Å². The quantitative estimate of drug-likeness (QED) is 0.452. The number of carboxylic acids is 1. The van der Waals surface area contributed by atoms with Crippen molar-refractivity contribution in [2.45, 2.75) is 46.7 Å². The Bertz CT molecular complexity index is 91.1. The number of carbonyl (C=O) groups is 1. The van der Waals surface area contributed by atoms with Crippen LogP contribution in [0.15, 0.2) is 0 Å². The number of carbonyl (C=O) groups excluding carboxylic acids is 1. The molecule has 0 saturated carbocycles. The van der Waals surface area contributed by atoms with Crippen LogP contribution in [0.1, 0.15) is 27.7 Å². The van der Waals surface area contributed by atoms with Gasteiger partial charge in [0, 0.05) is 35.5 Å². The molecule has 68 valence electrons. The largest absolute Gasteiger partial charge is 1.00 e. The van der Waals surface area contributed by atoms with E-state index in [0.29, 0.717) is 0 Å². The van der Waals surface area contributed by atoms with Gasteiger partial charge in [-0.3, -0.25) is 0 Å². The molecule has 0 unspecified atom stereocenters. The van der Waals surface area contributed by atoms with Gasteiger partial charge in [0.15, 0.2) is 0 Å². The first kappa shape index (κ1) is 30.0. The number of hydrogen-bond donors (Lipinski definition) is 0. The summed E-state index contributed by atoms with van der Waals surface area (Å²) in [5.74, 6) is -1.08. The molecule has 2 radical (unpaired) electrons. The summed E-state index contributed by atoms with van der Waals surface area (Å²) in [4.78, 5) is 8.89. The second kappa shape index (κ2) is 24.7. The Kier molecular flexibility index (Phi) is 52.8. The molecule has 2 nitrogen and oxygen atoms in total. The van der Waals surface area contributed by atoms with E-state index in [9.17, 15) is 0 Å². The van der Waals surface area contributed by atoms with Crippen molar-refractivity contribution in [3.05, 3.63) is 0 Å². The Morgan fingerprint density at radius 3 is 1.21 bits per heavy atom. The van der Waals surface area contributed by atoms with Gasteiger partial charge in [0.2, 0.25) is 0 Å². The zero-order valence-electron chi connectivity index (χ0n) is 11.0. The van der Waals surface area contributed by atoms with Gasteiger partial charge < -0.3 is 9.90 Å². The maximum absolute atomic E-state index is 8.89. The summed E-state index contributed by atoms with van der Waals surface area (Å²) in [5.41, 5.74) is 0. The molecule has 0 heterocycles. The molecule has 0 aliphatic carbocycles. The third-order valence-electron chi connectivity index (χ3n) is 1.73. The zero-order chi connectivity index (χ0) is 9.28. The third-order valence-corrected chi connectivity index (χ3v) is 1.73. The van der Waals surface area contributed by atoms with Crippen LogP contribution in [-0.4, -0.2) is 42.2 Å². The predicted molar refractivity (Wildman–Crippen MR) is 53.6 cm³/mol.